The highest BCUT2D eigenvalue weighted by atomic mass is 16.2. The Bertz CT molecular complexity index is 385. The van der Waals surface area contributed by atoms with E-state index >= 15 is 0 Å². The van der Waals surface area contributed by atoms with Gasteiger partial charge in [0.1, 0.15) is 6.67 Å². The van der Waals surface area contributed by atoms with Crippen molar-refractivity contribution in [2.75, 3.05) is 0 Å². The van der Waals surface area contributed by atoms with Gasteiger partial charge in [0.2, 0.25) is 0 Å². The fraction of sp³-hybridized carbons (Fsp3) is 0.400. The molecule has 0 fully saturated rings. The maximum Gasteiger partial charge on any atom is 0.313 e. The molecule has 16 heavy (non-hydrogen) atoms. The van der Waals surface area contributed by atoms with Crippen LogP contribution in [0.2, 0.25) is 0 Å². The van der Waals surface area contributed by atoms with Crippen molar-refractivity contribution in [3.8, 4) is 0 Å². The highest BCUT2D eigenvalue weighted by molar-refractivity contribution is 5.71. The summed E-state index contributed by atoms with van der Waals surface area (Å²) in [5.41, 5.74) is 12.6. The molecule has 0 saturated carbocycles. The standard InChI is InChI=1S/C10H17N5O/c1-3-8(11)5-9-4-7(2)14-15(9)6-13-10(12)16/h3-4,8H,1,5-6,11H2,2H3,(H3,12,13,16). The van der Waals surface area contributed by atoms with Gasteiger partial charge in [0.25, 0.3) is 0 Å². The lowest BCUT2D eigenvalue weighted by atomic mass is 10.1. The normalized spacial score (nSPS) is 12.1. The minimum atomic E-state index is -0.577. The van der Waals surface area contributed by atoms with E-state index in [4.69, 9.17) is 11.5 Å². The number of hydrogen-bond donors (Lipinski definition) is 3. The zero-order valence-electron chi connectivity index (χ0n) is 9.31. The molecule has 0 radical (unpaired) electrons. The van der Waals surface area contributed by atoms with Crippen LogP contribution >= 0.6 is 0 Å². The molecule has 1 aromatic rings. The predicted molar refractivity (Wildman–Crippen MR) is 61.6 cm³/mol. The molecule has 1 rings (SSSR count). The Morgan fingerprint density at radius 3 is 3.06 bits per heavy atom. The lowest BCUT2D eigenvalue weighted by molar-refractivity contribution is 0.245. The smallest absolute Gasteiger partial charge is 0.313 e. The number of hydrogen-bond acceptors (Lipinski definition) is 3. The third kappa shape index (κ3) is 3.39. The number of aromatic nitrogens is 2. The molecular weight excluding hydrogens is 206 g/mol. The number of rotatable bonds is 5. The quantitative estimate of drug-likeness (QED) is 0.606. The fourth-order valence-corrected chi connectivity index (χ4v) is 1.38. The topological polar surface area (TPSA) is 99.0 Å². The van der Waals surface area contributed by atoms with Gasteiger partial charge in [-0.2, -0.15) is 5.10 Å². The SMILES string of the molecule is C=CC(N)Cc1cc(C)nn1CNC(N)=O. The predicted octanol–water partition coefficient (Wildman–Crippen LogP) is -0.127. The third-order valence-electron chi connectivity index (χ3n) is 2.14. The van der Waals surface area contributed by atoms with Crippen LogP contribution in [-0.2, 0) is 13.1 Å². The molecule has 1 atom stereocenters. The first-order chi connectivity index (χ1) is 7.52. The number of primary amides is 1. The average molecular weight is 223 g/mol. The van der Waals surface area contributed by atoms with Crippen LogP contribution in [0.1, 0.15) is 11.4 Å². The van der Waals surface area contributed by atoms with Gasteiger partial charge in [-0.25, -0.2) is 9.48 Å². The molecule has 0 aliphatic carbocycles. The van der Waals surface area contributed by atoms with E-state index in [0.29, 0.717) is 6.42 Å². The van der Waals surface area contributed by atoms with Gasteiger partial charge in [0.15, 0.2) is 0 Å². The van der Waals surface area contributed by atoms with Crippen molar-refractivity contribution in [3.05, 3.63) is 30.1 Å². The summed E-state index contributed by atoms with van der Waals surface area (Å²) in [5, 5.41) is 6.71. The van der Waals surface area contributed by atoms with Crippen LogP contribution < -0.4 is 16.8 Å². The average Bonchev–Trinajstić information content (AvgIpc) is 2.55. The Kier molecular flexibility index (Phi) is 4.07. The summed E-state index contributed by atoms with van der Waals surface area (Å²) >= 11 is 0. The lowest BCUT2D eigenvalue weighted by Crippen LogP contribution is -2.32. The summed E-state index contributed by atoms with van der Waals surface area (Å²) < 4.78 is 1.67. The van der Waals surface area contributed by atoms with E-state index in [0.717, 1.165) is 11.4 Å². The first-order valence-electron chi connectivity index (χ1n) is 4.97. The van der Waals surface area contributed by atoms with E-state index in [1.807, 2.05) is 13.0 Å². The van der Waals surface area contributed by atoms with Crippen LogP contribution in [0.15, 0.2) is 18.7 Å². The Morgan fingerprint density at radius 1 is 1.81 bits per heavy atom. The maximum atomic E-state index is 10.6. The van der Waals surface area contributed by atoms with Gasteiger partial charge in [0.05, 0.1) is 5.69 Å². The second-order valence-corrected chi connectivity index (χ2v) is 3.58. The zero-order chi connectivity index (χ0) is 12.1. The van der Waals surface area contributed by atoms with E-state index in [1.54, 1.807) is 10.8 Å². The van der Waals surface area contributed by atoms with E-state index in [9.17, 15) is 4.79 Å². The van der Waals surface area contributed by atoms with Crippen molar-refractivity contribution in [2.45, 2.75) is 26.1 Å². The molecule has 5 N–H and O–H groups in total. The maximum absolute atomic E-state index is 10.6. The number of amides is 2. The lowest BCUT2D eigenvalue weighted by Gasteiger charge is -2.09. The molecule has 6 nitrogen and oxygen atoms in total. The third-order valence-corrected chi connectivity index (χ3v) is 2.14. The zero-order valence-corrected chi connectivity index (χ0v) is 9.31. The van der Waals surface area contributed by atoms with E-state index in [-0.39, 0.29) is 12.7 Å². The molecule has 1 aromatic heterocycles. The summed E-state index contributed by atoms with van der Waals surface area (Å²) in [4.78, 5) is 10.6. The van der Waals surface area contributed by atoms with E-state index < -0.39 is 6.03 Å². The Morgan fingerprint density at radius 2 is 2.50 bits per heavy atom. The van der Waals surface area contributed by atoms with Gasteiger partial charge in [-0.05, 0) is 13.0 Å². The van der Waals surface area contributed by atoms with Crippen molar-refractivity contribution in [3.63, 3.8) is 0 Å². The first kappa shape index (κ1) is 12.3. The van der Waals surface area contributed by atoms with Crippen molar-refractivity contribution in [2.24, 2.45) is 11.5 Å². The highest BCUT2D eigenvalue weighted by Crippen LogP contribution is 2.06. The molecule has 0 aliphatic heterocycles. The number of nitrogens with one attached hydrogen (secondary N) is 1. The molecule has 2 amide bonds. The molecule has 0 aromatic carbocycles. The number of aryl methyl sites for hydroxylation is 1. The number of urea groups is 1. The second-order valence-electron chi connectivity index (χ2n) is 3.58. The minimum Gasteiger partial charge on any atom is -0.352 e. The number of carbonyl (C=O) groups is 1. The van der Waals surface area contributed by atoms with Gasteiger partial charge in [-0.3, -0.25) is 0 Å². The number of nitrogens with zero attached hydrogens (tertiary/aromatic N) is 2. The van der Waals surface area contributed by atoms with E-state index in [2.05, 4.69) is 17.0 Å². The summed E-state index contributed by atoms with van der Waals surface area (Å²) in [7, 11) is 0. The summed E-state index contributed by atoms with van der Waals surface area (Å²) in [6.45, 7) is 5.75. The van der Waals surface area contributed by atoms with Crippen molar-refractivity contribution < 1.29 is 4.79 Å². The van der Waals surface area contributed by atoms with Crippen molar-refractivity contribution >= 4 is 6.03 Å². The van der Waals surface area contributed by atoms with Gasteiger partial charge in [-0.1, -0.05) is 6.08 Å². The molecule has 0 saturated heterocycles. The van der Waals surface area contributed by atoms with Gasteiger partial charge < -0.3 is 16.8 Å². The second kappa shape index (κ2) is 5.32. The van der Waals surface area contributed by atoms with Crippen LogP contribution in [0.4, 0.5) is 4.79 Å². The Balaban J connectivity index is 2.74. The summed E-state index contributed by atoms with van der Waals surface area (Å²) in [6.07, 6.45) is 2.30. The van der Waals surface area contributed by atoms with Crippen LogP contribution in [0.3, 0.4) is 0 Å². The molecule has 0 aliphatic rings. The van der Waals surface area contributed by atoms with E-state index in [1.165, 1.54) is 0 Å². The molecule has 6 heteroatoms. The molecule has 0 bridgehead atoms. The minimum absolute atomic E-state index is 0.122. The molecule has 1 unspecified atom stereocenters. The van der Waals surface area contributed by atoms with Crippen LogP contribution in [-0.4, -0.2) is 21.9 Å². The Labute approximate surface area is 94.3 Å². The highest BCUT2D eigenvalue weighted by Gasteiger charge is 2.08. The van der Waals surface area contributed by atoms with Gasteiger partial charge in [-0.15, -0.1) is 6.58 Å². The number of nitrogens with two attached hydrogens (primary N) is 2. The summed E-state index contributed by atoms with van der Waals surface area (Å²) in [6, 6.07) is 1.22. The summed E-state index contributed by atoms with van der Waals surface area (Å²) in [5.74, 6) is 0. The van der Waals surface area contributed by atoms with Crippen LogP contribution in [0, 0.1) is 6.92 Å². The van der Waals surface area contributed by atoms with Crippen LogP contribution in [0.5, 0.6) is 0 Å². The molecule has 1 heterocycles. The van der Waals surface area contributed by atoms with Gasteiger partial charge >= 0.3 is 6.03 Å². The van der Waals surface area contributed by atoms with Crippen molar-refractivity contribution in [1.82, 2.24) is 15.1 Å². The molecular formula is C10H17N5O. The molecule has 88 valence electrons. The fourth-order valence-electron chi connectivity index (χ4n) is 1.38. The Hall–Kier alpha value is -1.82. The van der Waals surface area contributed by atoms with Crippen LogP contribution in [0.25, 0.3) is 0 Å². The molecule has 0 spiro atoms. The van der Waals surface area contributed by atoms with Gasteiger partial charge in [0, 0.05) is 18.2 Å². The largest absolute Gasteiger partial charge is 0.352 e. The number of carbonyl (C=O) groups excluding carboxylic acids is 1. The van der Waals surface area contributed by atoms with Crippen molar-refractivity contribution in [1.29, 1.82) is 0 Å². The first-order valence-corrected chi connectivity index (χ1v) is 4.97. The monoisotopic (exact) mass is 223 g/mol.